The first-order valence-electron chi connectivity index (χ1n) is 6.20. The Morgan fingerprint density at radius 3 is 2.58 bits per heavy atom. The molecule has 0 aromatic carbocycles. The molecule has 1 saturated carbocycles. The Bertz CT molecular complexity index is 607. The Kier molecular flexibility index (Phi) is 2.72. The van der Waals surface area contributed by atoms with E-state index >= 15 is 0 Å². The minimum atomic E-state index is -3.40. The third kappa shape index (κ3) is 2.28. The smallest absolute Gasteiger partial charge is 0.287 e. The molecule has 1 aromatic rings. The van der Waals surface area contributed by atoms with Crippen LogP contribution in [0.5, 0.6) is 0 Å². The molecule has 0 unspecified atom stereocenters. The fourth-order valence-corrected chi connectivity index (χ4v) is 3.31. The van der Waals surface area contributed by atoms with Gasteiger partial charge >= 0.3 is 0 Å². The molecule has 1 aromatic heterocycles. The molecule has 1 saturated heterocycles. The number of hydrogen-bond donors (Lipinski definition) is 2. The third-order valence-corrected chi connectivity index (χ3v) is 4.81. The van der Waals surface area contributed by atoms with Gasteiger partial charge in [-0.15, -0.1) is 0 Å². The van der Waals surface area contributed by atoms with Crippen LogP contribution in [0, 0.1) is 5.41 Å². The summed E-state index contributed by atoms with van der Waals surface area (Å²) in [7, 11) is -3.40. The Morgan fingerprint density at radius 1 is 1.42 bits per heavy atom. The molecular formula is C12H16N2O4S. The highest BCUT2D eigenvalue weighted by molar-refractivity contribution is 7.90. The summed E-state index contributed by atoms with van der Waals surface area (Å²) in [5, 5.41) is 5.92. The van der Waals surface area contributed by atoms with Crippen molar-refractivity contribution in [3.05, 3.63) is 17.9 Å². The molecule has 0 bridgehead atoms. The summed E-state index contributed by atoms with van der Waals surface area (Å²) in [4.78, 5) is 11.9. The predicted molar refractivity (Wildman–Crippen MR) is 67.6 cm³/mol. The number of rotatable bonds is 3. The van der Waals surface area contributed by atoms with Gasteiger partial charge in [-0.2, -0.15) is 0 Å². The van der Waals surface area contributed by atoms with Gasteiger partial charge in [-0.25, -0.2) is 8.42 Å². The van der Waals surface area contributed by atoms with E-state index in [1.807, 2.05) is 0 Å². The summed E-state index contributed by atoms with van der Waals surface area (Å²) in [6.07, 6.45) is 3.00. The maximum atomic E-state index is 11.9. The van der Waals surface area contributed by atoms with Crippen LogP contribution in [0.1, 0.15) is 23.4 Å². The molecule has 1 aliphatic heterocycles. The summed E-state index contributed by atoms with van der Waals surface area (Å²) in [6.45, 7) is 2.05. The van der Waals surface area contributed by atoms with Crippen molar-refractivity contribution in [2.45, 2.75) is 24.0 Å². The summed E-state index contributed by atoms with van der Waals surface area (Å²) < 4.78 is 27.6. The highest BCUT2D eigenvalue weighted by atomic mass is 32.2. The lowest BCUT2D eigenvalue weighted by Gasteiger charge is -2.54. The van der Waals surface area contributed by atoms with Gasteiger partial charge in [0.2, 0.25) is 14.9 Å². The van der Waals surface area contributed by atoms with Crippen LogP contribution in [0.2, 0.25) is 0 Å². The Morgan fingerprint density at radius 2 is 2.11 bits per heavy atom. The molecule has 19 heavy (non-hydrogen) atoms. The first-order valence-corrected chi connectivity index (χ1v) is 8.09. The van der Waals surface area contributed by atoms with E-state index in [1.54, 1.807) is 0 Å². The Hall–Kier alpha value is -1.34. The van der Waals surface area contributed by atoms with E-state index in [-0.39, 0.29) is 22.8 Å². The van der Waals surface area contributed by atoms with Crippen LogP contribution in [0.4, 0.5) is 0 Å². The standard InChI is InChI=1S/C12H16N2O4S/c1-19(16,17)10-3-2-9(18-10)11(15)14-8-4-12(5-8)6-13-7-12/h2-3,8,13H,4-7H2,1H3,(H,14,15). The molecule has 1 spiro atoms. The lowest BCUT2D eigenvalue weighted by Crippen LogP contribution is -2.65. The van der Waals surface area contributed by atoms with E-state index in [1.165, 1.54) is 12.1 Å². The van der Waals surface area contributed by atoms with Crippen molar-refractivity contribution in [3.63, 3.8) is 0 Å². The van der Waals surface area contributed by atoms with Crippen molar-refractivity contribution in [1.82, 2.24) is 10.6 Å². The number of sulfone groups is 1. The van der Waals surface area contributed by atoms with Gasteiger partial charge in [0.15, 0.2) is 5.76 Å². The van der Waals surface area contributed by atoms with Crippen molar-refractivity contribution >= 4 is 15.7 Å². The second kappa shape index (κ2) is 4.08. The van der Waals surface area contributed by atoms with Crippen molar-refractivity contribution in [1.29, 1.82) is 0 Å². The first-order chi connectivity index (χ1) is 8.88. The Balaban J connectivity index is 1.60. The van der Waals surface area contributed by atoms with Gasteiger partial charge < -0.3 is 15.1 Å². The molecule has 0 atom stereocenters. The lowest BCUT2D eigenvalue weighted by atomic mass is 9.61. The van der Waals surface area contributed by atoms with Gasteiger partial charge in [-0.05, 0) is 30.4 Å². The number of carbonyl (C=O) groups is 1. The first kappa shape index (κ1) is 12.7. The predicted octanol–water partition coefficient (Wildman–Crippen LogP) is 0.165. The molecule has 0 radical (unpaired) electrons. The van der Waals surface area contributed by atoms with Crippen LogP contribution in [0.15, 0.2) is 21.6 Å². The SMILES string of the molecule is CS(=O)(=O)c1ccc(C(=O)NC2CC3(CNC3)C2)o1. The average molecular weight is 284 g/mol. The van der Waals surface area contributed by atoms with Crippen LogP contribution in [-0.2, 0) is 9.84 Å². The normalized spacial score (nSPS) is 21.7. The molecule has 104 valence electrons. The quantitative estimate of drug-likeness (QED) is 0.825. The zero-order chi connectivity index (χ0) is 13.7. The highest BCUT2D eigenvalue weighted by Crippen LogP contribution is 2.44. The van der Waals surface area contributed by atoms with Crippen molar-refractivity contribution < 1.29 is 17.6 Å². The van der Waals surface area contributed by atoms with Crippen molar-refractivity contribution in [2.24, 2.45) is 5.41 Å². The molecule has 3 rings (SSSR count). The minimum Gasteiger partial charge on any atom is -0.440 e. The largest absolute Gasteiger partial charge is 0.440 e. The molecule has 7 heteroatoms. The monoisotopic (exact) mass is 284 g/mol. The average Bonchev–Trinajstić information content (AvgIpc) is 2.67. The number of nitrogens with one attached hydrogen (secondary N) is 2. The molecule has 6 nitrogen and oxygen atoms in total. The van der Waals surface area contributed by atoms with Crippen LogP contribution in [-0.4, -0.2) is 39.7 Å². The van der Waals surface area contributed by atoms with Gasteiger partial charge in [0.05, 0.1) is 0 Å². The van der Waals surface area contributed by atoms with E-state index in [4.69, 9.17) is 4.42 Å². The zero-order valence-electron chi connectivity index (χ0n) is 10.6. The minimum absolute atomic E-state index is 0.0492. The summed E-state index contributed by atoms with van der Waals surface area (Å²) in [6, 6.07) is 2.87. The fourth-order valence-electron chi connectivity index (χ4n) is 2.75. The molecule has 2 heterocycles. The molecule has 1 aliphatic carbocycles. The van der Waals surface area contributed by atoms with E-state index < -0.39 is 9.84 Å². The van der Waals surface area contributed by atoms with Crippen molar-refractivity contribution in [2.75, 3.05) is 19.3 Å². The van der Waals surface area contributed by atoms with Gasteiger partial charge in [0, 0.05) is 25.4 Å². The third-order valence-electron chi connectivity index (χ3n) is 3.86. The van der Waals surface area contributed by atoms with Crippen LogP contribution < -0.4 is 10.6 Å². The molecule has 2 aliphatic rings. The van der Waals surface area contributed by atoms with Gasteiger partial charge in [-0.1, -0.05) is 0 Å². The summed E-state index contributed by atoms with van der Waals surface area (Å²) in [5.41, 5.74) is 0.388. The highest BCUT2D eigenvalue weighted by Gasteiger charge is 2.48. The van der Waals surface area contributed by atoms with Gasteiger partial charge in [-0.3, -0.25) is 4.79 Å². The Labute approximate surface area is 111 Å². The molecule has 2 N–H and O–H groups in total. The summed E-state index contributed by atoms with van der Waals surface area (Å²) in [5.74, 6) is -0.296. The van der Waals surface area contributed by atoms with E-state index in [2.05, 4.69) is 10.6 Å². The van der Waals surface area contributed by atoms with Crippen LogP contribution in [0.3, 0.4) is 0 Å². The molecule has 2 fully saturated rings. The number of amides is 1. The van der Waals surface area contributed by atoms with E-state index in [0.717, 1.165) is 32.2 Å². The maximum Gasteiger partial charge on any atom is 0.287 e. The van der Waals surface area contributed by atoms with Gasteiger partial charge in [0.25, 0.3) is 5.91 Å². The fraction of sp³-hybridized carbons (Fsp3) is 0.583. The van der Waals surface area contributed by atoms with Crippen LogP contribution >= 0.6 is 0 Å². The van der Waals surface area contributed by atoms with E-state index in [0.29, 0.717) is 5.41 Å². The number of furan rings is 1. The maximum absolute atomic E-state index is 11.9. The topological polar surface area (TPSA) is 88.4 Å². The zero-order valence-corrected chi connectivity index (χ0v) is 11.4. The van der Waals surface area contributed by atoms with E-state index in [9.17, 15) is 13.2 Å². The second-order valence-electron chi connectivity index (χ2n) is 5.57. The van der Waals surface area contributed by atoms with Crippen molar-refractivity contribution in [3.8, 4) is 0 Å². The molecule has 1 amide bonds. The van der Waals surface area contributed by atoms with Gasteiger partial charge in [0.1, 0.15) is 0 Å². The number of hydrogen-bond acceptors (Lipinski definition) is 5. The lowest BCUT2D eigenvalue weighted by molar-refractivity contribution is 0.0225. The number of carbonyl (C=O) groups excluding carboxylic acids is 1. The summed E-state index contributed by atoms with van der Waals surface area (Å²) >= 11 is 0. The van der Waals surface area contributed by atoms with Crippen LogP contribution in [0.25, 0.3) is 0 Å². The molecular weight excluding hydrogens is 268 g/mol. The second-order valence-corrected chi connectivity index (χ2v) is 7.52.